The van der Waals surface area contributed by atoms with E-state index in [9.17, 15) is 14.7 Å². The number of carbonyl (C=O) groups excluding carboxylic acids is 2. The zero-order chi connectivity index (χ0) is 23.4. The fourth-order valence-electron chi connectivity index (χ4n) is 3.14. The number of amides is 1. The first-order valence-corrected chi connectivity index (χ1v) is 10.4. The molecule has 1 amide bonds. The maximum atomic E-state index is 12.3. The van der Waals surface area contributed by atoms with Crippen LogP contribution in [0.15, 0.2) is 54.0 Å². The zero-order valence-electron chi connectivity index (χ0n) is 18.8. The molecule has 8 heteroatoms. The molecule has 0 radical (unpaired) electrons. The summed E-state index contributed by atoms with van der Waals surface area (Å²) in [6, 6.07) is 14.2. The van der Waals surface area contributed by atoms with E-state index in [2.05, 4.69) is 5.32 Å². The van der Waals surface area contributed by atoms with Crippen LogP contribution in [0.3, 0.4) is 0 Å². The third-order valence-electron chi connectivity index (χ3n) is 5.77. The van der Waals surface area contributed by atoms with Crippen LogP contribution in [0.25, 0.3) is 6.08 Å². The van der Waals surface area contributed by atoms with Gasteiger partial charge in [0.2, 0.25) is 0 Å². The van der Waals surface area contributed by atoms with Crippen LogP contribution >= 0.6 is 0 Å². The van der Waals surface area contributed by atoms with Crippen LogP contribution in [0.1, 0.15) is 49.2 Å². The van der Waals surface area contributed by atoms with Gasteiger partial charge in [-0.25, -0.2) is 4.79 Å². The molecule has 2 N–H and O–H groups in total. The smallest absolute Gasteiger partial charge is 0.492 e. The molecule has 0 spiro atoms. The summed E-state index contributed by atoms with van der Waals surface area (Å²) in [6.07, 6.45) is 1.64. The van der Waals surface area contributed by atoms with E-state index in [1.807, 2.05) is 58.0 Å². The van der Waals surface area contributed by atoms with Crippen molar-refractivity contribution in [3.05, 3.63) is 70.7 Å². The molecule has 0 bridgehead atoms. The number of ether oxygens (including phenoxy) is 1. The first-order valence-electron chi connectivity index (χ1n) is 10.4. The van der Waals surface area contributed by atoms with E-state index in [1.54, 1.807) is 18.2 Å². The number of nitrogens with one attached hydrogen (secondary N) is 1. The van der Waals surface area contributed by atoms with Crippen LogP contribution in [0.4, 0.5) is 4.79 Å². The fraction of sp³-hybridized carbons (Fsp3) is 0.333. The van der Waals surface area contributed by atoms with Crippen molar-refractivity contribution in [1.29, 1.82) is 0 Å². The van der Waals surface area contributed by atoms with Crippen molar-refractivity contribution in [2.75, 3.05) is 6.54 Å². The van der Waals surface area contributed by atoms with Gasteiger partial charge in [0.25, 0.3) is 0 Å². The number of aldehydes is 1. The summed E-state index contributed by atoms with van der Waals surface area (Å²) in [7, 11) is -0.756. The lowest BCUT2D eigenvalue weighted by Gasteiger charge is -2.32. The Labute approximate surface area is 188 Å². The molecule has 1 saturated heterocycles. The lowest BCUT2D eigenvalue weighted by Crippen LogP contribution is -2.41. The van der Waals surface area contributed by atoms with Gasteiger partial charge in [-0.2, -0.15) is 0 Å². The molecule has 0 aromatic heterocycles. The van der Waals surface area contributed by atoms with Gasteiger partial charge < -0.3 is 24.5 Å². The number of alkyl carbamates (subject to hydrolysis) is 1. The third kappa shape index (κ3) is 5.38. The summed E-state index contributed by atoms with van der Waals surface area (Å²) in [5.74, 6) is -0.150. The zero-order valence-corrected chi connectivity index (χ0v) is 18.8. The highest BCUT2D eigenvalue weighted by Crippen LogP contribution is 2.39. The lowest BCUT2D eigenvalue weighted by molar-refractivity contribution is 0.00578. The molecular formula is C24H28BNO6. The van der Waals surface area contributed by atoms with Crippen molar-refractivity contribution in [3.63, 3.8) is 0 Å². The minimum atomic E-state index is -0.756. The molecular weight excluding hydrogens is 409 g/mol. The van der Waals surface area contributed by atoms with Crippen molar-refractivity contribution in [3.8, 4) is 5.75 Å². The molecule has 1 fully saturated rings. The van der Waals surface area contributed by atoms with E-state index in [4.69, 9.17) is 14.0 Å². The highest BCUT2D eigenvalue weighted by atomic mass is 16.7. The number of para-hydroxylation sites is 1. The Morgan fingerprint density at radius 2 is 1.66 bits per heavy atom. The van der Waals surface area contributed by atoms with Gasteiger partial charge in [-0.1, -0.05) is 48.5 Å². The molecule has 1 aliphatic heterocycles. The van der Waals surface area contributed by atoms with E-state index >= 15 is 0 Å². The van der Waals surface area contributed by atoms with Gasteiger partial charge in [-0.3, -0.25) is 4.79 Å². The Bertz CT molecular complexity index is 987. The Hall–Kier alpha value is -3.10. The second kappa shape index (κ2) is 9.59. The van der Waals surface area contributed by atoms with Gasteiger partial charge in [0.1, 0.15) is 12.4 Å². The summed E-state index contributed by atoms with van der Waals surface area (Å²) < 4.78 is 17.5. The number of phenolic OH excluding ortho intramolecular Hbond substituents is 1. The van der Waals surface area contributed by atoms with Gasteiger partial charge in [-0.05, 0) is 44.8 Å². The predicted octanol–water partition coefficient (Wildman–Crippen LogP) is 4.15. The highest BCUT2D eigenvalue weighted by molar-refractivity contribution is 6.56. The number of hydrogen-bond donors (Lipinski definition) is 2. The van der Waals surface area contributed by atoms with Gasteiger partial charge in [0.15, 0.2) is 6.29 Å². The third-order valence-corrected chi connectivity index (χ3v) is 5.77. The quantitative estimate of drug-likeness (QED) is 0.500. The van der Waals surface area contributed by atoms with E-state index < -0.39 is 24.4 Å². The molecule has 7 nitrogen and oxygen atoms in total. The summed E-state index contributed by atoms with van der Waals surface area (Å²) >= 11 is 0. The maximum Gasteiger partial charge on any atom is 0.492 e. The van der Waals surface area contributed by atoms with Gasteiger partial charge in [0.05, 0.1) is 16.8 Å². The van der Waals surface area contributed by atoms with Crippen LogP contribution in [-0.2, 0) is 20.7 Å². The summed E-state index contributed by atoms with van der Waals surface area (Å²) in [6.45, 7) is 7.92. The molecule has 168 valence electrons. The summed E-state index contributed by atoms with van der Waals surface area (Å²) in [4.78, 5) is 23.5. The van der Waals surface area contributed by atoms with Crippen molar-refractivity contribution in [1.82, 2.24) is 5.32 Å². The molecule has 0 atom stereocenters. The number of hydrogen-bond acceptors (Lipinski definition) is 6. The number of rotatable bonds is 7. The Balaban J connectivity index is 1.78. The van der Waals surface area contributed by atoms with E-state index in [-0.39, 0.29) is 24.5 Å². The minimum absolute atomic E-state index is 0.0647. The molecule has 1 heterocycles. The normalized spacial score (nSPS) is 17.1. The van der Waals surface area contributed by atoms with Gasteiger partial charge >= 0.3 is 13.2 Å². The SMILES string of the molecule is CC1(C)OB(C(=Cc2cccc(C=O)c2O)CNC(=O)OCc2ccccc2)OC1(C)C. The number of phenols is 1. The van der Waals surface area contributed by atoms with Gasteiger partial charge in [-0.15, -0.1) is 0 Å². The second-order valence-corrected chi connectivity index (χ2v) is 8.63. The minimum Gasteiger partial charge on any atom is -0.507 e. The predicted molar refractivity (Wildman–Crippen MR) is 122 cm³/mol. The molecule has 1 aliphatic rings. The van der Waals surface area contributed by atoms with E-state index in [0.717, 1.165) is 5.56 Å². The maximum absolute atomic E-state index is 12.3. The van der Waals surface area contributed by atoms with Crippen molar-refractivity contribution < 1.29 is 28.7 Å². The molecule has 3 rings (SSSR count). The lowest BCUT2D eigenvalue weighted by atomic mass is 9.77. The highest BCUT2D eigenvalue weighted by Gasteiger charge is 2.52. The van der Waals surface area contributed by atoms with Crippen molar-refractivity contribution >= 4 is 25.6 Å². The molecule has 0 unspecified atom stereocenters. The average Bonchev–Trinajstić information content (AvgIpc) is 2.98. The number of carbonyl (C=O) groups is 2. The Morgan fingerprint density at radius 3 is 2.28 bits per heavy atom. The largest absolute Gasteiger partial charge is 0.507 e. The van der Waals surface area contributed by atoms with Crippen LogP contribution in [-0.4, -0.2) is 42.4 Å². The summed E-state index contributed by atoms with van der Waals surface area (Å²) in [5.41, 5.74) is 0.855. The average molecular weight is 437 g/mol. The Kier molecular flexibility index (Phi) is 7.06. The topological polar surface area (TPSA) is 94.1 Å². The first-order chi connectivity index (χ1) is 15.1. The van der Waals surface area contributed by atoms with Gasteiger partial charge in [0, 0.05) is 12.1 Å². The van der Waals surface area contributed by atoms with E-state index in [0.29, 0.717) is 17.3 Å². The molecule has 2 aromatic carbocycles. The van der Waals surface area contributed by atoms with Crippen LogP contribution in [0, 0.1) is 0 Å². The molecule has 32 heavy (non-hydrogen) atoms. The van der Waals surface area contributed by atoms with E-state index in [1.165, 1.54) is 6.07 Å². The standard InChI is InChI=1S/C24H28BNO6/c1-23(2)24(3,4)32-25(31-23)20(13-18-11-8-12-19(15-27)21(18)28)14-26-22(29)30-16-17-9-6-5-7-10-17/h5-13,15,28H,14,16H2,1-4H3,(H,26,29). The van der Waals surface area contributed by atoms with Crippen LogP contribution in [0.2, 0.25) is 0 Å². The second-order valence-electron chi connectivity index (χ2n) is 8.63. The first kappa shape index (κ1) is 23.6. The Morgan fingerprint density at radius 1 is 1.03 bits per heavy atom. The fourth-order valence-corrected chi connectivity index (χ4v) is 3.14. The molecule has 0 saturated carbocycles. The van der Waals surface area contributed by atoms with Crippen molar-refractivity contribution in [2.45, 2.75) is 45.5 Å². The summed E-state index contributed by atoms with van der Waals surface area (Å²) in [5, 5.41) is 13.1. The molecule has 0 aliphatic carbocycles. The number of aromatic hydroxyl groups is 1. The van der Waals surface area contributed by atoms with Crippen LogP contribution < -0.4 is 5.32 Å². The number of benzene rings is 2. The van der Waals surface area contributed by atoms with Crippen LogP contribution in [0.5, 0.6) is 5.75 Å². The molecule has 2 aromatic rings. The monoisotopic (exact) mass is 437 g/mol. The van der Waals surface area contributed by atoms with Crippen molar-refractivity contribution in [2.24, 2.45) is 0 Å².